The maximum Gasteiger partial charge on any atom is 0.417 e. The van der Waals surface area contributed by atoms with Crippen LogP contribution in [-0.4, -0.2) is 52.1 Å². The zero-order valence-electron chi connectivity index (χ0n) is 17.1. The molecule has 27 heavy (non-hydrogen) atoms. The van der Waals surface area contributed by atoms with Crippen LogP contribution in [0.15, 0.2) is 0 Å². The van der Waals surface area contributed by atoms with Gasteiger partial charge >= 0.3 is 6.09 Å². The van der Waals surface area contributed by atoms with Gasteiger partial charge in [-0.05, 0) is 32.6 Å². The first-order valence-electron chi connectivity index (χ1n) is 9.14. The Balaban J connectivity index is 0.000000309. The molecule has 0 saturated carbocycles. The Morgan fingerprint density at radius 2 is 1.56 bits per heavy atom. The third kappa shape index (κ3) is 6.15. The first-order chi connectivity index (χ1) is 12.2. The smallest absolute Gasteiger partial charge is 0.417 e. The lowest BCUT2D eigenvalue weighted by atomic mass is 10.0. The highest BCUT2D eigenvalue weighted by atomic mass is 16.6. The van der Waals surface area contributed by atoms with E-state index in [2.05, 4.69) is 5.32 Å². The number of nitrogens with one attached hydrogen (secondary N) is 1. The van der Waals surface area contributed by atoms with Crippen LogP contribution in [-0.2, 0) is 23.9 Å². The molecule has 3 amide bonds. The molecule has 0 aliphatic carbocycles. The summed E-state index contributed by atoms with van der Waals surface area (Å²) in [6.45, 7) is 12.6. The van der Waals surface area contributed by atoms with E-state index in [1.807, 2.05) is 13.8 Å². The van der Waals surface area contributed by atoms with Crippen LogP contribution < -0.4 is 5.32 Å². The van der Waals surface area contributed by atoms with Gasteiger partial charge in [0.1, 0.15) is 11.6 Å². The fourth-order valence-electron chi connectivity index (χ4n) is 2.95. The fraction of sp³-hybridized carbons (Fsp3) is 0.737. The largest absolute Gasteiger partial charge is 0.443 e. The molecular formula is C19H30N2O6. The van der Waals surface area contributed by atoms with Crippen molar-refractivity contribution in [1.82, 2.24) is 10.2 Å². The van der Waals surface area contributed by atoms with Gasteiger partial charge in [-0.1, -0.05) is 27.7 Å². The van der Waals surface area contributed by atoms with Crippen LogP contribution in [0.3, 0.4) is 0 Å². The lowest BCUT2D eigenvalue weighted by Gasteiger charge is -2.28. The minimum atomic E-state index is -0.730. The summed E-state index contributed by atoms with van der Waals surface area (Å²) in [5.74, 6) is -0.664. The van der Waals surface area contributed by atoms with Crippen LogP contribution in [0.1, 0.15) is 61.3 Å². The molecule has 2 aliphatic rings. The number of Topliss-reactive ketones (excluding diaryl/α,β-unsaturated/α-hetero) is 2. The van der Waals surface area contributed by atoms with Crippen LogP contribution in [0.5, 0.6) is 0 Å². The van der Waals surface area contributed by atoms with E-state index in [4.69, 9.17) is 4.74 Å². The van der Waals surface area contributed by atoms with Gasteiger partial charge in [0.2, 0.25) is 11.8 Å². The van der Waals surface area contributed by atoms with Crippen molar-refractivity contribution in [3.63, 3.8) is 0 Å². The molecule has 0 spiro atoms. The van der Waals surface area contributed by atoms with Gasteiger partial charge < -0.3 is 10.1 Å². The van der Waals surface area contributed by atoms with Gasteiger partial charge in [0.05, 0.1) is 18.9 Å². The van der Waals surface area contributed by atoms with Crippen molar-refractivity contribution < 1.29 is 28.7 Å². The lowest BCUT2D eigenvalue weighted by Crippen LogP contribution is -2.45. The van der Waals surface area contributed by atoms with Gasteiger partial charge in [0.15, 0.2) is 11.6 Å². The maximum atomic E-state index is 11.9. The summed E-state index contributed by atoms with van der Waals surface area (Å²) >= 11 is 0. The van der Waals surface area contributed by atoms with E-state index in [1.54, 1.807) is 34.6 Å². The molecule has 0 aromatic rings. The number of carbonyl (C=O) groups is 5. The zero-order valence-corrected chi connectivity index (χ0v) is 17.1. The highest BCUT2D eigenvalue weighted by Gasteiger charge is 2.45. The van der Waals surface area contributed by atoms with Gasteiger partial charge in [0, 0.05) is 0 Å². The Hall–Kier alpha value is -2.25. The predicted octanol–water partition coefficient (Wildman–Crippen LogP) is 1.85. The summed E-state index contributed by atoms with van der Waals surface area (Å²) < 4.78 is 5.13. The SMILES string of the molecule is CC(C)[C@@H]1C(=O)CC(=O)N1C(=O)OC(C)(C)C.CC(C)[C@H]1NC(=O)CC1=O. The third-order valence-corrected chi connectivity index (χ3v) is 4.09. The molecule has 0 aromatic heterocycles. The number of hydrogen-bond acceptors (Lipinski definition) is 6. The average Bonchev–Trinajstić information content (AvgIpc) is 2.96. The highest BCUT2D eigenvalue weighted by Crippen LogP contribution is 2.24. The number of carbonyl (C=O) groups excluding carboxylic acids is 5. The Morgan fingerprint density at radius 1 is 1.00 bits per heavy atom. The van der Waals surface area contributed by atoms with Crippen LogP contribution in [0.25, 0.3) is 0 Å². The third-order valence-electron chi connectivity index (χ3n) is 4.09. The molecule has 2 heterocycles. The molecular weight excluding hydrogens is 352 g/mol. The minimum absolute atomic E-state index is 0.0278. The van der Waals surface area contributed by atoms with Crippen molar-refractivity contribution in [3.8, 4) is 0 Å². The summed E-state index contributed by atoms with van der Waals surface area (Å²) in [6, 6.07) is -0.912. The molecule has 8 heteroatoms. The van der Waals surface area contributed by atoms with Crippen molar-refractivity contribution in [2.75, 3.05) is 0 Å². The molecule has 2 atom stereocenters. The molecule has 8 nitrogen and oxygen atoms in total. The summed E-state index contributed by atoms with van der Waals surface area (Å²) in [4.78, 5) is 57.7. The number of amides is 3. The number of imide groups is 1. The number of rotatable bonds is 2. The molecule has 1 N–H and O–H groups in total. The highest BCUT2D eigenvalue weighted by molar-refractivity contribution is 6.13. The summed E-state index contributed by atoms with van der Waals surface area (Å²) in [6.07, 6.45) is -0.864. The van der Waals surface area contributed by atoms with Gasteiger partial charge in [-0.25, -0.2) is 9.69 Å². The van der Waals surface area contributed by atoms with E-state index >= 15 is 0 Å². The second-order valence-electron chi connectivity index (χ2n) is 8.51. The van der Waals surface area contributed by atoms with E-state index in [1.165, 1.54) is 0 Å². The first-order valence-corrected chi connectivity index (χ1v) is 9.14. The van der Waals surface area contributed by atoms with Crippen molar-refractivity contribution in [3.05, 3.63) is 0 Å². The van der Waals surface area contributed by atoms with Gasteiger partial charge in [-0.15, -0.1) is 0 Å². The Morgan fingerprint density at radius 3 is 1.89 bits per heavy atom. The molecule has 0 radical (unpaired) electrons. The second-order valence-corrected chi connectivity index (χ2v) is 8.51. The standard InChI is InChI=1S/C12H19NO4.C7H11NO2/c1-7(2)10-8(14)6-9(15)13(10)11(16)17-12(3,4)5;1-4(2)7-5(9)3-6(10)8-7/h7,10H,6H2,1-5H3;4,7H,3H2,1-2H3,(H,8,10)/t10-;7-/m11/s1. The van der Waals surface area contributed by atoms with E-state index in [-0.39, 0.29) is 48.2 Å². The monoisotopic (exact) mass is 382 g/mol. The molecule has 0 unspecified atom stereocenters. The number of ether oxygens (including phenoxy) is 1. The second kappa shape index (κ2) is 8.63. The number of ketones is 2. The van der Waals surface area contributed by atoms with Crippen LogP contribution >= 0.6 is 0 Å². The number of hydrogen-bond donors (Lipinski definition) is 1. The van der Waals surface area contributed by atoms with Gasteiger partial charge in [-0.3, -0.25) is 19.2 Å². The molecule has 2 fully saturated rings. The van der Waals surface area contributed by atoms with E-state index in [9.17, 15) is 24.0 Å². The van der Waals surface area contributed by atoms with Crippen LogP contribution in [0.4, 0.5) is 4.79 Å². The topological polar surface area (TPSA) is 110 Å². The average molecular weight is 382 g/mol. The minimum Gasteiger partial charge on any atom is -0.443 e. The fourth-order valence-corrected chi connectivity index (χ4v) is 2.95. The Labute approximate surface area is 160 Å². The lowest BCUT2D eigenvalue weighted by molar-refractivity contribution is -0.128. The van der Waals surface area contributed by atoms with Crippen molar-refractivity contribution >= 4 is 29.5 Å². The van der Waals surface area contributed by atoms with Crippen LogP contribution in [0, 0.1) is 11.8 Å². The first kappa shape index (κ1) is 22.8. The Kier molecular flexibility index (Phi) is 7.28. The number of nitrogens with zero attached hydrogens (tertiary/aromatic N) is 1. The molecule has 152 valence electrons. The molecule has 2 aliphatic heterocycles. The number of likely N-dealkylation sites (tertiary alicyclic amines) is 1. The molecule has 2 rings (SSSR count). The summed E-state index contributed by atoms with van der Waals surface area (Å²) in [7, 11) is 0. The summed E-state index contributed by atoms with van der Waals surface area (Å²) in [5, 5.41) is 2.61. The quantitative estimate of drug-likeness (QED) is 0.730. The van der Waals surface area contributed by atoms with E-state index < -0.39 is 23.6 Å². The normalized spacial score (nSPS) is 22.9. The predicted molar refractivity (Wildman–Crippen MR) is 97.7 cm³/mol. The van der Waals surface area contributed by atoms with E-state index in [0.29, 0.717) is 0 Å². The van der Waals surface area contributed by atoms with Crippen molar-refractivity contribution in [2.24, 2.45) is 11.8 Å². The van der Waals surface area contributed by atoms with Crippen molar-refractivity contribution in [2.45, 2.75) is 79.0 Å². The molecule has 2 saturated heterocycles. The van der Waals surface area contributed by atoms with Gasteiger partial charge in [-0.2, -0.15) is 0 Å². The zero-order chi connectivity index (χ0) is 21.1. The van der Waals surface area contributed by atoms with Crippen molar-refractivity contribution in [1.29, 1.82) is 0 Å². The van der Waals surface area contributed by atoms with Gasteiger partial charge in [0.25, 0.3) is 0 Å². The molecule has 0 aromatic carbocycles. The summed E-state index contributed by atoms with van der Waals surface area (Å²) in [5.41, 5.74) is -0.676. The van der Waals surface area contributed by atoms with Crippen LogP contribution in [0.2, 0.25) is 0 Å². The molecule has 0 bridgehead atoms. The van der Waals surface area contributed by atoms with E-state index in [0.717, 1.165) is 4.90 Å². The maximum absolute atomic E-state index is 11.9. The Bertz CT molecular complexity index is 633.